The Morgan fingerprint density at radius 3 is 0.871 bits per heavy atom. The van der Waals surface area contributed by atoms with Crippen LogP contribution in [-0.4, -0.2) is 37.9 Å². The summed E-state index contributed by atoms with van der Waals surface area (Å²) in [4.78, 5) is 25.6. The summed E-state index contributed by atoms with van der Waals surface area (Å²) < 4.78 is 17.5. The molecule has 0 aromatic heterocycles. The lowest BCUT2D eigenvalue weighted by Gasteiger charge is -2.18. The third-order valence-electron chi connectivity index (χ3n) is 14.1. The predicted molar refractivity (Wildman–Crippen MR) is 307 cm³/mol. The van der Waals surface area contributed by atoms with Gasteiger partial charge >= 0.3 is 11.9 Å². The smallest absolute Gasteiger partial charge is 0.306 e. The molecule has 0 saturated heterocycles. The molecule has 0 fully saturated rings. The average molecular weight is 984 g/mol. The molecule has 0 aliphatic heterocycles. The quantitative estimate of drug-likeness (QED) is 0.0345. The molecule has 5 heteroatoms. The van der Waals surface area contributed by atoms with Crippen molar-refractivity contribution in [1.29, 1.82) is 0 Å². The first-order valence-corrected chi connectivity index (χ1v) is 31.5. The van der Waals surface area contributed by atoms with Crippen molar-refractivity contribution in [2.45, 2.75) is 348 Å². The summed E-state index contributed by atoms with van der Waals surface area (Å²) in [6, 6.07) is 0. The number of carbonyl (C=O) groups excluding carboxylic acids is 2. The number of allylic oxidation sites excluding steroid dienone is 6. The van der Waals surface area contributed by atoms with Crippen LogP contribution in [-0.2, 0) is 23.8 Å². The van der Waals surface area contributed by atoms with E-state index in [9.17, 15) is 9.59 Å². The number of ether oxygens (including phenoxy) is 3. The fourth-order valence-electron chi connectivity index (χ4n) is 9.38. The summed E-state index contributed by atoms with van der Waals surface area (Å²) in [6.07, 6.45) is 76.0. The van der Waals surface area contributed by atoms with Crippen LogP contribution in [0.4, 0.5) is 0 Å². The summed E-state index contributed by atoms with van der Waals surface area (Å²) in [6.45, 7) is 7.87. The Labute approximate surface area is 438 Å². The van der Waals surface area contributed by atoms with Crippen LogP contribution in [0.25, 0.3) is 0 Å². The van der Waals surface area contributed by atoms with E-state index in [2.05, 4.69) is 57.2 Å². The maximum atomic E-state index is 12.9. The second kappa shape index (κ2) is 61.4. The van der Waals surface area contributed by atoms with E-state index in [0.717, 1.165) is 38.5 Å². The third-order valence-corrected chi connectivity index (χ3v) is 14.1. The lowest BCUT2D eigenvalue weighted by atomic mass is 10.1. The average Bonchev–Trinajstić information content (AvgIpc) is 3.36. The van der Waals surface area contributed by atoms with Crippen molar-refractivity contribution in [2.24, 2.45) is 0 Å². The van der Waals surface area contributed by atoms with Crippen LogP contribution in [0.2, 0.25) is 0 Å². The highest BCUT2D eigenvalue weighted by molar-refractivity contribution is 5.70. The van der Waals surface area contributed by atoms with Crippen molar-refractivity contribution in [3.8, 4) is 0 Å². The van der Waals surface area contributed by atoms with Crippen LogP contribution in [0.5, 0.6) is 0 Å². The van der Waals surface area contributed by atoms with Crippen LogP contribution < -0.4 is 0 Å². The molecule has 0 heterocycles. The van der Waals surface area contributed by atoms with Gasteiger partial charge < -0.3 is 14.2 Å². The molecule has 0 aliphatic rings. The zero-order valence-corrected chi connectivity index (χ0v) is 47.6. The molecule has 0 amide bonds. The summed E-state index contributed by atoms with van der Waals surface area (Å²) in [5, 5.41) is 0. The summed E-state index contributed by atoms with van der Waals surface area (Å²) in [5.41, 5.74) is 0. The van der Waals surface area contributed by atoms with Gasteiger partial charge in [-0.2, -0.15) is 0 Å². The molecule has 0 bridgehead atoms. The molecular weight excluding hydrogens is 861 g/mol. The molecule has 0 spiro atoms. The maximum Gasteiger partial charge on any atom is 0.306 e. The topological polar surface area (TPSA) is 61.8 Å². The summed E-state index contributed by atoms with van der Waals surface area (Å²) >= 11 is 0. The van der Waals surface area contributed by atoms with Gasteiger partial charge in [0.2, 0.25) is 0 Å². The van der Waals surface area contributed by atoms with Crippen LogP contribution in [0.3, 0.4) is 0 Å². The van der Waals surface area contributed by atoms with E-state index >= 15 is 0 Å². The summed E-state index contributed by atoms with van der Waals surface area (Å²) in [7, 11) is 0. The van der Waals surface area contributed by atoms with Gasteiger partial charge in [-0.1, -0.05) is 269 Å². The first-order chi connectivity index (χ1) is 34.6. The van der Waals surface area contributed by atoms with Crippen LogP contribution in [0, 0.1) is 0 Å². The van der Waals surface area contributed by atoms with Crippen LogP contribution >= 0.6 is 0 Å². The minimum absolute atomic E-state index is 0.0860. The van der Waals surface area contributed by atoms with Gasteiger partial charge in [-0.25, -0.2) is 0 Å². The minimum atomic E-state index is -0.539. The van der Waals surface area contributed by atoms with E-state index in [0.29, 0.717) is 19.4 Å². The van der Waals surface area contributed by atoms with E-state index < -0.39 is 6.10 Å². The largest absolute Gasteiger partial charge is 0.462 e. The third kappa shape index (κ3) is 58.7. The molecule has 1 unspecified atom stereocenters. The Morgan fingerprint density at radius 1 is 0.300 bits per heavy atom. The molecule has 0 aromatic rings. The van der Waals surface area contributed by atoms with Crippen molar-refractivity contribution in [1.82, 2.24) is 0 Å². The lowest BCUT2D eigenvalue weighted by Crippen LogP contribution is -2.30. The number of esters is 2. The molecule has 1 atom stereocenters. The van der Waals surface area contributed by atoms with E-state index in [1.54, 1.807) is 0 Å². The predicted octanol–water partition coefficient (Wildman–Crippen LogP) is 21.7. The first kappa shape index (κ1) is 68.1. The molecule has 0 aliphatic carbocycles. The monoisotopic (exact) mass is 983 g/mol. The van der Waals surface area contributed by atoms with Crippen molar-refractivity contribution < 1.29 is 23.8 Å². The Bertz CT molecular complexity index is 1110. The Morgan fingerprint density at radius 2 is 0.557 bits per heavy atom. The van der Waals surface area contributed by atoms with Gasteiger partial charge in [0.1, 0.15) is 6.61 Å². The van der Waals surface area contributed by atoms with Crippen LogP contribution in [0.15, 0.2) is 36.5 Å². The van der Waals surface area contributed by atoms with Gasteiger partial charge in [0, 0.05) is 19.4 Å². The Kier molecular flexibility index (Phi) is 59.8. The van der Waals surface area contributed by atoms with Gasteiger partial charge in [-0.3, -0.25) is 9.59 Å². The van der Waals surface area contributed by atoms with Gasteiger partial charge in [0.25, 0.3) is 0 Å². The number of unbranched alkanes of at least 4 members (excludes halogenated alkanes) is 42. The van der Waals surface area contributed by atoms with E-state index in [1.807, 2.05) is 0 Å². The molecule has 0 N–H and O–H groups in total. The second-order valence-electron chi connectivity index (χ2n) is 21.3. The number of carbonyl (C=O) groups is 2. The molecule has 0 saturated carbocycles. The molecule has 0 aromatic carbocycles. The number of hydrogen-bond donors (Lipinski definition) is 0. The Balaban J connectivity index is 4.25. The lowest BCUT2D eigenvalue weighted by molar-refractivity contribution is -0.163. The number of rotatable bonds is 59. The zero-order chi connectivity index (χ0) is 50.6. The van der Waals surface area contributed by atoms with Gasteiger partial charge in [-0.05, 0) is 96.3 Å². The Hall–Kier alpha value is -1.88. The first-order valence-electron chi connectivity index (χ1n) is 31.5. The highest BCUT2D eigenvalue weighted by Crippen LogP contribution is 2.16. The molecule has 0 radical (unpaired) electrons. The SMILES string of the molecule is CCCCCCCC/C=C\CCCCCCCCCCCC(=O)OCC(COCCCCCCCCCC/C=C\CCCCCCCC)OC(=O)CCCCCCCCC/C=C\CCCCCCCC. The standard InChI is InChI=1S/C65H122O5/c1-4-7-10-13-16-19-22-25-28-31-33-35-37-40-43-46-49-52-55-58-64(66)69-62-63(61-68-60-57-54-51-48-45-42-39-36-32-29-26-23-20-17-14-11-8-5-2)70-65(67)59-56-53-50-47-44-41-38-34-30-27-24-21-18-15-12-9-6-3/h25-30,63H,4-24,31-62H2,1-3H3/b28-25-,29-26-,30-27-. The van der Waals surface area contributed by atoms with E-state index in [-0.39, 0.29) is 25.2 Å². The van der Waals surface area contributed by atoms with Gasteiger partial charge in [0.15, 0.2) is 6.10 Å². The summed E-state index contributed by atoms with van der Waals surface area (Å²) in [5.74, 6) is -0.386. The highest BCUT2D eigenvalue weighted by atomic mass is 16.6. The number of hydrogen-bond acceptors (Lipinski definition) is 5. The fraction of sp³-hybridized carbons (Fsp3) is 0.877. The molecule has 412 valence electrons. The van der Waals surface area contributed by atoms with Crippen LogP contribution in [0.1, 0.15) is 342 Å². The van der Waals surface area contributed by atoms with E-state index in [4.69, 9.17) is 14.2 Å². The highest BCUT2D eigenvalue weighted by Gasteiger charge is 2.18. The van der Waals surface area contributed by atoms with Crippen molar-refractivity contribution in [3.63, 3.8) is 0 Å². The molecule has 70 heavy (non-hydrogen) atoms. The van der Waals surface area contributed by atoms with Crippen molar-refractivity contribution in [2.75, 3.05) is 19.8 Å². The van der Waals surface area contributed by atoms with Gasteiger partial charge in [-0.15, -0.1) is 0 Å². The maximum absolute atomic E-state index is 12.9. The molecular formula is C65H122O5. The van der Waals surface area contributed by atoms with Gasteiger partial charge in [0.05, 0.1) is 6.61 Å². The van der Waals surface area contributed by atoms with Crippen molar-refractivity contribution >= 4 is 11.9 Å². The minimum Gasteiger partial charge on any atom is -0.462 e. The molecule has 5 nitrogen and oxygen atoms in total. The normalized spacial score (nSPS) is 12.3. The molecule has 0 rings (SSSR count). The van der Waals surface area contributed by atoms with Crippen molar-refractivity contribution in [3.05, 3.63) is 36.5 Å². The zero-order valence-electron chi connectivity index (χ0n) is 47.6. The fourth-order valence-corrected chi connectivity index (χ4v) is 9.38. The second-order valence-corrected chi connectivity index (χ2v) is 21.3. The van der Waals surface area contributed by atoms with E-state index in [1.165, 1.54) is 270 Å².